The third-order valence-corrected chi connectivity index (χ3v) is 6.34. The van der Waals surface area contributed by atoms with Crippen molar-refractivity contribution >= 4 is 38.1 Å². The molecule has 0 aromatic heterocycles. The van der Waals surface area contributed by atoms with Crippen molar-refractivity contribution in [1.82, 2.24) is 9.73 Å². The lowest BCUT2D eigenvalue weighted by Crippen LogP contribution is -2.30. The maximum Gasteiger partial charge on any atom is 0.271 e. The van der Waals surface area contributed by atoms with E-state index in [0.717, 1.165) is 4.47 Å². The molecule has 2 aromatic carbocycles. The second-order valence-corrected chi connectivity index (χ2v) is 8.37. The molecule has 1 amide bonds. The van der Waals surface area contributed by atoms with Crippen molar-refractivity contribution < 1.29 is 18.3 Å². The molecule has 27 heavy (non-hydrogen) atoms. The number of nitrogens with one attached hydrogen (secondary N) is 1. The van der Waals surface area contributed by atoms with E-state index in [4.69, 9.17) is 0 Å². The summed E-state index contributed by atoms with van der Waals surface area (Å²) in [4.78, 5) is 12.3. The van der Waals surface area contributed by atoms with Crippen LogP contribution in [0.25, 0.3) is 0 Å². The fourth-order valence-corrected chi connectivity index (χ4v) is 4.25. The van der Waals surface area contributed by atoms with Crippen molar-refractivity contribution in [2.24, 2.45) is 5.10 Å². The summed E-state index contributed by atoms with van der Waals surface area (Å²) < 4.78 is 27.2. The number of phenolic OH excluding ortho intramolecular Hbond substituents is 1. The third kappa shape index (κ3) is 5.15. The van der Waals surface area contributed by atoms with E-state index in [1.165, 1.54) is 40.9 Å². The average Bonchev–Trinajstić information content (AvgIpc) is 2.65. The van der Waals surface area contributed by atoms with E-state index < -0.39 is 15.9 Å². The lowest BCUT2D eigenvalue weighted by atomic mass is 10.2. The Morgan fingerprint density at radius 2 is 1.93 bits per heavy atom. The summed E-state index contributed by atoms with van der Waals surface area (Å²) in [7, 11) is -3.65. The van der Waals surface area contributed by atoms with Gasteiger partial charge in [-0.3, -0.25) is 4.79 Å². The summed E-state index contributed by atoms with van der Waals surface area (Å²) >= 11 is 3.28. The Bertz CT molecular complexity index is 957. The SMILES string of the molecule is CCN(CC)S(=O)(=O)c1cccc(C(=O)N/N=C/c2cc(Br)ccc2O)c1. The van der Waals surface area contributed by atoms with E-state index in [0.29, 0.717) is 18.7 Å². The van der Waals surface area contributed by atoms with Crippen LogP contribution in [0.1, 0.15) is 29.8 Å². The summed E-state index contributed by atoms with van der Waals surface area (Å²) in [6.45, 7) is 4.19. The minimum absolute atomic E-state index is 0.0171. The molecule has 7 nitrogen and oxygen atoms in total. The number of hydrogen-bond acceptors (Lipinski definition) is 5. The second-order valence-electron chi connectivity index (χ2n) is 5.52. The predicted octanol–water partition coefficient (Wildman–Crippen LogP) is 2.95. The van der Waals surface area contributed by atoms with Gasteiger partial charge in [-0.25, -0.2) is 13.8 Å². The van der Waals surface area contributed by atoms with Crippen molar-refractivity contribution in [2.45, 2.75) is 18.7 Å². The zero-order valence-corrected chi connectivity index (χ0v) is 17.3. The number of rotatable bonds is 7. The summed E-state index contributed by atoms with van der Waals surface area (Å²) in [6, 6.07) is 10.6. The van der Waals surface area contributed by atoms with E-state index in [1.54, 1.807) is 26.0 Å². The maximum absolute atomic E-state index is 12.6. The van der Waals surface area contributed by atoms with Gasteiger partial charge in [0.2, 0.25) is 10.0 Å². The van der Waals surface area contributed by atoms with E-state index >= 15 is 0 Å². The molecule has 0 saturated heterocycles. The Kier molecular flexibility index (Phi) is 7.11. The zero-order chi connectivity index (χ0) is 20.0. The molecule has 0 aliphatic rings. The highest BCUT2D eigenvalue weighted by molar-refractivity contribution is 9.10. The Hall–Kier alpha value is -2.23. The summed E-state index contributed by atoms with van der Waals surface area (Å²) in [6.07, 6.45) is 1.30. The van der Waals surface area contributed by atoms with Crippen LogP contribution in [0.2, 0.25) is 0 Å². The summed E-state index contributed by atoms with van der Waals surface area (Å²) in [5.41, 5.74) is 2.91. The van der Waals surface area contributed by atoms with Crippen LogP contribution in [0.4, 0.5) is 0 Å². The largest absolute Gasteiger partial charge is 0.507 e. The van der Waals surface area contributed by atoms with Crippen LogP contribution in [-0.2, 0) is 10.0 Å². The minimum atomic E-state index is -3.65. The van der Waals surface area contributed by atoms with Gasteiger partial charge in [0, 0.05) is 28.7 Å². The van der Waals surface area contributed by atoms with Crippen molar-refractivity contribution in [1.29, 1.82) is 0 Å². The first kappa shape index (κ1) is 21.1. The maximum atomic E-state index is 12.6. The highest BCUT2D eigenvalue weighted by Gasteiger charge is 2.22. The molecule has 0 spiro atoms. The molecule has 2 N–H and O–H groups in total. The molecular formula is C18H20BrN3O4S. The highest BCUT2D eigenvalue weighted by Crippen LogP contribution is 2.20. The van der Waals surface area contributed by atoms with Crippen LogP contribution in [0, 0.1) is 0 Å². The number of hydrazone groups is 1. The summed E-state index contributed by atoms with van der Waals surface area (Å²) in [5.74, 6) is -0.541. The molecule has 0 heterocycles. The first-order chi connectivity index (χ1) is 12.8. The van der Waals surface area contributed by atoms with Crippen molar-refractivity contribution in [3.63, 3.8) is 0 Å². The lowest BCUT2D eigenvalue weighted by molar-refractivity contribution is 0.0955. The average molecular weight is 454 g/mol. The van der Waals surface area contributed by atoms with E-state index in [2.05, 4.69) is 26.5 Å². The fraction of sp³-hybridized carbons (Fsp3) is 0.222. The Morgan fingerprint density at radius 3 is 2.59 bits per heavy atom. The molecule has 0 atom stereocenters. The van der Waals surface area contributed by atoms with Gasteiger partial charge in [-0.05, 0) is 36.4 Å². The molecule has 0 fully saturated rings. The van der Waals surface area contributed by atoms with Gasteiger partial charge in [-0.1, -0.05) is 35.8 Å². The number of amides is 1. The Morgan fingerprint density at radius 1 is 1.22 bits per heavy atom. The van der Waals surface area contributed by atoms with Gasteiger partial charge in [0.15, 0.2) is 0 Å². The van der Waals surface area contributed by atoms with Crippen LogP contribution >= 0.6 is 15.9 Å². The molecule has 2 rings (SSSR count). The molecule has 144 valence electrons. The fourth-order valence-electron chi connectivity index (χ4n) is 2.36. The number of carbonyl (C=O) groups is 1. The molecule has 0 saturated carbocycles. The predicted molar refractivity (Wildman–Crippen MR) is 107 cm³/mol. The first-order valence-electron chi connectivity index (χ1n) is 8.21. The van der Waals surface area contributed by atoms with Gasteiger partial charge >= 0.3 is 0 Å². The number of carbonyl (C=O) groups excluding carboxylic acids is 1. The first-order valence-corrected chi connectivity index (χ1v) is 10.4. The van der Waals surface area contributed by atoms with E-state index in [9.17, 15) is 18.3 Å². The number of sulfonamides is 1. The number of aromatic hydroxyl groups is 1. The van der Waals surface area contributed by atoms with Crippen LogP contribution in [0.5, 0.6) is 5.75 Å². The normalized spacial score (nSPS) is 11.9. The lowest BCUT2D eigenvalue weighted by Gasteiger charge is -2.18. The van der Waals surface area contributed by atoms with Crippen molar-refractivity contribution in [2.75, 3.05) is 13.1 Å². The Labute approximate surface area is 166 Å². The van der Waals surface area contributed by atoms with Crippen LogP contribution in [0.15, 0.2) is 56.9 Å². The number of phenols is 1. The number of halogens is 1. The molecule has 9 heteroatoms. The van der Waals surface area contributed by atoms with Gasteiger partial charge in [0.25, 0.3) is 5.91 Å². The van der Waals surface area contributed by atoms with Crippen LogP contribution in [0.3, 0.4) is 0 Å². The molecule has 0 aliphatic carbocycles. The number of benzene rings is 2. The molecule has 0 unspecified atom stereocenters. The van der Waals surface area contributed by atoms with Gasteiger partial charge in [0.1, 0.15) is 5.75 Å². The van der Waals surface area contributed by atoms with Gasteiger partial charge in [0.05, 0.1) is 11.1 Å². The molecule has 0 aliphatic heterocycles. The standard InChI is InChI=1S/C18H20BrN3O4S/c1-3-22(4-2)27(25,26)16-7-5-6-13(11-16)18(24)21-20-12-14-10-15(19)8-9-17(14)23/h5-12,23H,3-4H2,1-2H3,(H,21,24)/b20-12+. The molecule has 0 radical (unpaired) electrons. The van der Waals surface area contributed by atoms with Gasteiger partial charge in [-0.2, -0.15) is 9.41 Å². The molecule has 2 aromatic rings. The Balaban J connectivity index is 2.18. The van der Waals surface area contributed by atoms with Crippen molar-refractivity contribution in [3.8, 4) is 5.75 Å². The minimum Gasteiger partial charge on any atom is -0.507 e. The molecule has 0 bridgehead atoms. The van der Waals surface area contributed by atoms with Gasteiger partial charge in [-0.15, -0.1) is 0 Å². The zero-order valence-electron chi connectivity index (χ0n) is 14.9. The number of hydrogen-bond donors (Lipinski definition) is 2. The smallest absolute Gasteiger partial charge is 0.271 e. The quantitative estimate of drug-likeness (QED) is 0.497. The second kappa shape index (κ2) is 9.12. The topological polar surface area (TPSA) is 99.1 Å². The summed E-state index contributed by atoms with van der Waals surface area (Å²) in [5, 5.41) is 13.6. The monoisotopic (exact) mass is 453 g/mol. The number of nitrogens with zero attached hydrogens (tertiary/aromatic N) is 2. The van der Waals surface area contributed by atoms with Gasteiger partial charge < -0.3 is 5.11 Å². The third-order valence-electron chi connectivity index (χ3n) is 3.80. The highest BCUT2D eigenvalue weighted by atomic mass is 79.9. The molecular weight excluding hydrogens is 434 g/mol. The van der Waals surface area contributed by atoms with E-state index in [1.807, 2.05) is 0 Å². The van der Waals surface area contributed by atoms with Crippen LogP contribution < -0.4 is 5.43 Å². The van der Waals surface area contributed by atoms with E-state index in [-0.39, 0.29) is 16.2 Å². The van der Waals surface area contributed by atoms with Crippen molar-refractivity contribution in [3.05, 3.63) is 58.1 Å². The van der Waals surface area contributed by atoms with Crippen LogP contribution in [-0.4, -0.2) is 43.0 Å².